The number of carbonyl (C=O) groups excluding carboxylic acids is 3. The molecule has 10 nitrogen and oxygen atoms in total. The van der Waals surface area contributed by atoms with E-state index in [1.807, 2.05) is 0 Å². The first kappa shape index (κ1) is 24.7. The molecule has 0 saturated carbocycles. The summed E-state index contributed by atoms with van der Waals surface area (Å²) >= 11 is 0.705. The molecule has 0 radical (unpaired) electrons. The lowest BCUT2D eigenvalue weighted by molar-refractivity contribution is -0.126. The Morgan fingerprint density at radius 1 is 1.24 bits per heavy atom. The summed E-state index contributed by atoms with van der Waals surface area (Å²) in [6.45, 7) is 0.411. The van der Waals surface area contributed by atoms with Crippen molar-refractivity contribution in [2.75, 3.05) is 26.0 Å². The molecule has 3 amide bonds. The average molecular weight is 487 g/mol. The zero-order valence-corrected chi connectivity index (χ0v) is 19.0. The maximum absolute atomic E-state index is 13.7. The number of hydrogen-bond acceptors (Lipinski definition) is 8. The zero-order valence-electron chi connectivity index (χ0n) is 18.2. The van der Waals surface area contributed by atoms with E-state index in [0.717, 1.165) is 0 Å². The molecule has 1 atom stereocenters. The van der Waals surface area contributed by atoms with Crippen LogP contribution in [0.25, 0.3) is 0 Å². The minimum atomic E-state index is -1.16. The fraction of sp³-hybridized carbons (Fsp3) is 0.227. The molecule has 0 aliphatic rings. The molecule has 0 fully saturated rings. The summed E-state index contributed by atoms with van der Waals surface area (Å²) in [7, 11) is 1.49. The van der Waals surface area contributed by atoms with Gasteiger partial charge in [0.05, 0.1) is 12.3 Å². The van der Waals surface area contributed by atoms with E-state index in [-0.39, 0.29) is 36.0 Å². The molecule has 0 aliphatic carbocycles. The molecule has 1 aromatic carbocycles. The number of ether oxygens (including phenoxy) is 1. The van der Waals surface area contributed by atoms with Crippen molar-refractivity contribution in [2.24, 2.45) is 5.73 Å². The number of nitrogen functional groups attached to an aromatic ring is 1. The van der Waals surface area contributed by atoms with Gasteiger partial charge in [0.1, 0.15) is 16.7 Å². The van der Waals surface area contributed by atoms with Crippen LogP contribution >= 0.6 is 11.5 Å². The van der Waals surface area contributed by atoms with Gasteiger partial charge in [0.25, 0.3) is 11.8 Å². The molecular weight excluding hydrogens is 463 g/mol. The van der Waals surface area contributed by atoms with Gasteiger partial charge in [-0.2, -0.15) is 4.37 Å². The highest BCUT2D eigenvalue weighted by Gasteiger charge is 2.35. The number of carbonyl (C=O) groups is 3. The maximum atomic E-state index is 13.7. The Balaban J connectivity index is 2.09. The summed E-state index contributed by atoms with van der Waals surface area (Å²) in [5, 5.41) is 2.72. The van der Waals surface area contributed by atoms with Crippen molar-refractivity contribution in [3.63, 3.8) is 0 Å². The van der Waals surface area contributed by atoms with Crippen molar-refractivity contribution in [2.45, 2.75) is 12.6 Å². The number of nitrogens with zero attached hydrogens (tertiary/aromatic N) is 3. The number of methoxy groups -OCH3 is 1. The fourth-order valence-electron chi connectivity index (χ4n) is 3.22. The van der Waals surface area contributed by atoms with E-state index in [9.17, 15) is 18.8 Å². The zero-order chi connectivity index (χ0) is 24.7. The van der Waals surface area contributed by atoms with Gasteiger partial charge in [0.15, 0.2) is 5.69 Å². The minimum Gasteiger partial charge on any atom is -0.395 e. The van der Waals surface area contributed by atoms with Crippen LogP contribution in [0.5, 0.6) is 0 Å². The highest BCUT2D eigenvalue weighted by molar-refractivity contribution is 7.09. The van der Waals surface area contributed by atoms with Crippen LogP contribution in [0, 0.1) is 5.82 Å². The quantitative estimate of drug-likeness (QED) is 0.367. The summed E-state index contributed by atoms with van der Waals surface area (Å²) in [6.07, 6.45) is 3.13. The number of amides is 3. The monoisotopic (exact) mass is 486 g/mol. The lowest BCUT2D eigenvalue weighted by atomic mass is 10.0. The number of hydrogen-bond donors (Lipinski definition) is 3. The van der Waals surface area contributed by atoms with Gasteiger partial charge >= 0.3 is 0 Å². The number of primary amides is 1. The van der Waals surface area contributed by atoms with Gasteiger partial charge in [-0.05, 0) is 40.9 Å². The van der Waals surface area contributed by atoms with Crippen molar-refractivity contribution in [1.82, 2.24) is 19.6 Å². The molecule has 3 rings (SSSR count). The Hall–Kier alpha value is -3.90. The number of aromatic nitrogens is 2. The van der Waals surface area contributed by atoms with E-state index in [4.69, 9.17) is 16.2 Å². The van der Waals surface area contributed by atoms with Crippen molar-refractivity contribution >= 4 is 34.9 Å². The number of pyridine rings is 1. The highest BCUT2D eigenvalue weighted by atomic mass is 32.1. The molecule has 1 unspecified atom stereocenters. The summed E-state index contributed by atoms with van der Waals surface area (Å²) in [5.74, 6) is -2.54. The van der Waals surface area contributed by atoms with Gasteiger partial charge in [-0.3, -0.25) is 19.4 Å². The first-order valence-electron chi connectivity index (χ1n) is 10.1. The SMILES string of the molecule is COCCNC(=O)C(c1ccc(F)cc1)N(Cc1cccnc1)C(=O)c1snc(C(N)=O)c1N. The summed E-state index contributed by atoms with van der Waals surface area (Å²) in [4.78, 5) is 43.9. The number of anilines is 1. The molecule has 3 aromatic rings. The minimum absolute atomic E-state index is 0.0321. The Labute approximate surface area is 198 Å². The van der Waals surface area contributed by atoms with E-state index in [2.05, 4.69) is 14.7 Å². The second-order valence-corrected chi connectivity index (χ2v) is 7.94. The standard InChI is InChI=1S/C22H23FN6O4S/c1-33-10-9-27-21(31)18(14-4-6-15(23)7-5-14)29(12-13-3-2-8-26-11-13)22(32)19-16(24)17(20(25)30)28-34-19/h2-8,11,18H,9-10,12,24H2,1H3,(H2,25,30)(H,27,31). The van der Waals surface area contributed by atoms with Gasteiger partial charge in [-0.1, -0.05) is 18.2 Å². The van der Waals surface area contributed by atoms with Crippen LogP contribution in [0.3, 0.4) is 0 Å². The number of benzene rings is 1. The Morgan fingerprint density at radius 2 is 1.97 bits per heavy atom. The van der Waals surface area contributed by atoms with E-state index in [1.54, 1.807) is 24.5 Å². The largest absolute Gasteiger partial charge is 0.395 e. The smallest absolute Gasteiger partial charge is 0.270 e. The molecule has 0 spiro atoms. The van der Waals surface area contributed by atoms with Crippen LogP contribution in [0.2, 0.25) is 0 Å². The molecule has 178 valence electrons. The molecule has 0 saturated heterocycles. The molecule has 5 N–H and O–H groups in total. The fourth-order valence-corrected chi connectivity index (χ4v) is 3.98. The van der Waals surface area contributed by atoms with Crippen LogP contribution < -0.4 is 16.8 Å². The van der Waals surface area contributed by atoms with Crippen LogP contribution in [-0.2, 0) is 16.1 Å². The van der Waals surface area contributed by atoms with E-state index < -0.39 is 29.6 Å². The Morgan fingerprint density at radius 3 is 2.56 bits per heavy atom. The van der Waals surface area contributed by atoms with Gasteiger partial charge < -0.3 is 26.4 Å². The van der Waals surface area contributed by atoms with Crippen LogP contribution in [0.1, 0.15) is 37.3 Å². The topological polar surface area (TPSA) is 154 Å². The number of rotatable bonds is 10. The van der Waals surface area contributed by atoms with Gasteiger partial charge in [0.2, 0.25) is 5.91 Å². The molecule has 2 aromatic heterocycles. The van der Waals surface area contributed by atoms with Crippen molar-refractivity contribution in [3.05, 3.63) is 76.3 Å². The molecule has 0 bridgehead atoms. The number of nitrogens with one attached hydrogen (secondary N) is 1. The number of halogens is 1. The third-order valence-electron chi connectivity index (χ3n) is 4.84. The van der Waals surface area contributed by atoms with Crippen LogP contribution in [0.4, 0.5) is 10.1 Å². The highest BCUT2D eigenvalue weighted by Crippen LogP contribution is 2.30. The van der Waals surface area contributed by atoms with Crippen molar-refractivity contribution in [1.29, 1.82) is 0 Å². The average Bonchev–Trinajstić information content (AvgIpc) is 3.22. The normalized spacial score (nSPS) is 11.6. The van der Waals surface area contributed by atoms with Gasteiger partial charge in [0, 0.05) is 32.6 Å². The van der Waals surface area contributed by atoms with Gasteiger partial charge in [-0.15, -0.1) is 0 Å². The Bertz CT molecular complexity index is 1160. The molecular formula is C22H23FN6O4S. The third-order valence-corrected chi connectivity index (χ3v) is 5.69. The molecule has 2 heterocycles. The summed E-state index contributed by atoms with van der Waals surface area (Å²) < 4.78 is 22.5. The van der Waals surface area contributed by atoms with Crippen LogP contribution in [-0.4, -0.2) is 52.2 Å². The number of nitrogens with two attached hydrogens (primary N) is 2. The maximum Gasteiger partial charge on any atom is 0.270 e. The molecule has 0 aliphatic heterocycles. The molecule has 12 heteroatoms. The lowest BCUT2D eigenvalue weighted by Gasteiger charge is -2.31. The second-order valence-electron chi connectivity index (χ2n) is 7.17. The predicted molar refractivity (Wildman–Crippen MR) is 123 cm³/mol. The third kappa shape index (κ3) is 5.71. The first-order valence-corrected chi connectivity index (χ1v) is 10.9. The van der Waals surface area contributed by atoms with Gasteiger partial charge in [-0.25, -0.2) is 4.39 Å². The Kier molecular flexibility index (Phi) is 8.22. The van der Waals surface area contributed by atoms with E-state index in [0.29, 0.717) is 22.7 Å². The molecule has 34 heavy (non-hydrogen) atoms. The second kappa shape index (κ2) is 11.3. The lowest BCUT2D eigenvalue weighted by Crippen LogP contribution is -2.44. The van der Waals surface area contributed by atoms with E-state index in [1.165, 1.54) is 36.3 Å². The van der Waals surface area contributed by atoms with Crippen molar-refractivity contribution < 1.29 is 23.5 Å². The van der Waals surface area contributed by atoms with E-state index >= 15 is 0 Å². The van der Waals surface area contributed by atoms with Crippen LogP contribution in [0.15, 0.2) is 48.8 Å². The first-order chi connectivity index (χ1) is 16.3. The predicted octanol–water partition coefficient (Wildman–Crippen LogP) is 1.50. The van der Waals surface area contributed by atoms with Crippen molar-refractivity contribution in [3.8, 4) is 0 Å². The summed E-state index contributed by atoms with van der Waals surface area (Å²) in [5.41, 5.74) is 11.9. The summed E-state index contributed by atoms with van der Waals surface area (Å²) in [6, 6.07) is 7.50.